The van der Waals surface area contributed by atoms with Crippen LogP contribution in [0, 0.1) is 0 Å². The molecule has 1 unspecified atom stereocenters. The van der Waals surface area contributed by atoms with E-state index in [1.54, 1.807) is 30.3 Å². The Kier molecular flexibility index (Phi) is 9.16. The Morgan fingerprint density at radius 2 is 1.81 bits per heavy atom. The van der Waals surface area contributed by atoms with Gasteiger partial charge in [-0.25, -0.2) is 0 Å². The predicted molar refractivity (Wildman–Crippen MR) is 106 cm³/mol. The van der Waals surface area contributed by atoms with Gasteiger partial charge in [-0.15, -0.1) is 0 Å². The summed E-state index contributed by atoms with van der Waals surface area (Å²) in [6, 6.07) is 11.9. The van der Waals surface area contributed by atoms with Crippen LogP contribution in [0.4, 0.5) is 0 Å². The van der Waals surface area contributed by atoms with Gasteiger partial charge < -0.3 is 20.9 Å². The van der Waals surface area contributed by atoms with E-state index >= 15 is 0 Å². The number of primary amides is 1. The summed E-state index contributed by atoms with van der Waals surface area (Å²) in [4.78, 5) is 20.9. The molecule has 27 heavy (non-hydrogen) atoms. The van der Waals surface area contributed by atoms with Crippen LogP contribution in [0.3, 0.4) is 0 Å². The normalized spacial score (nSPS) is 11.1. The van der Waals surface area contributed by atoms with Crippen LogP contribution < -0.4 is 15.8 Å². The van der Waals surface area contributed by atoms with Gasteiger partial charge in [-0.2, -0.15) is 0 Å². The molecule has 2 aromatic rings. The van der Waals surface area contributed by atoms with E-state index in [9.17, 15) is 9.90 Å². The Labute approximate surface area is 164 Å². The number of ether oxygens (including phenoxy) is 1. The number of nitrogens with one attached hydrogen (secondary N) is 1. The third-order valence-electron chi connectivity index (χ3n) is 3.41. The molecule has 2 amide bonds. The van der Waals surface area contributed by atoms with Gasteiger partial charge in [0.1, 0.15) is 11.5 Å². The zero-order chi connectivity index (χ0) is 20.4. The fourth-order valence-electron chi connectivity index (χ4n) is 2.34. The lowest BCUT2D eigenvalue weighted by Crippen LogP contribution is -2.34. The molecule has 0 aliphatic carbocycles. The Morgan fingerprint density at radius 1 is 1.22 bits per heavy atom. The SMILES string of the molecule is CC(Cc1ccc(O)cc1)NC(=O)c1ccc(OC(C)C)c(Cl)c1.NC=O. The zero-order valence-corrected chi connectivity index (χ0v) is 16.4. The molecule has 0 bridgehead atoms. The predicted octanol–water partition coefficient (Wildman–Crippen LogP) is 3.30. The summed E-state index contributed by atoms with van der Waals surface area (Å²) >= 11 is 6.17. The number of hydrogen-bond acceptors (Lipinski definition) is 4. The van der Waals surface area contributed by atoms with Crippen LogP contribution >= 0.6 is 11.6 Å². The Bertz CT molecular complexity index is 748. The molecule has 0 fully saturated rings. The molecule has 4 N–H and O–H groups in total. The van der Waals surface area contributed by atoms with E-state index in [0.29, 0.717) is 22.8 Å². The number of phenols is 1. The maximum Gasteiger partial charge on any atom is 0.251 e. The molecule has 0 saturated heterocycles. The monoisotopic (exact) mass is 392 g/mol. The number of benzene rings is 2. The van der Waals surface area contributed by atoms with Crippen LogP contribution in [-0.4, -0.2) is 29.6 Å². The number of aromatic hydroxyl groups is 1. The highest BCUT2D eigenvalue weighted by molar-refractivity contribution is 6.32. The summed E-state index contributed by atoms with van der Waals surface area (Å²) in [5.41, 5.74) is 5.70. The van der Waals surface area contributed by atoms with Gasteiger partial charge in [0, 0.05) is 11.6 Å². The molecule has 0 radical (unpaired) electrons. The van der Waals surface area contributed by atoms with Crippen LogP contribution in [-0.2, 0) is 11.2 Å². The minimum atomic E-state index is -0.181. The average Bonchev–Trinajstić information content (AvgIpc) is 2.59. The van der Waals surface area contributed by atoms with Gasteiger partial charge in [-0.3, -0.25) is 9.59 Å². The topological polar surface area (TPSA) is 102 Å². The number of hydrogen-bond donors (Lipinski definition) is 3. The summed E-state index contributed by atoms with van der Waals surface area (Å²) in [5, 5.41) is 12.7. The van der Waals surface area contributed by atoms with Crippen LogP contribution in [0.25, 0.3) is 0 Å². The standard InChI is InChI=1S/C19H22ClNO3.CH3NO/c1-12(2)24-18-9-6-15(11-17(18)20)19(23)21-13(3)10-14-4-7-16(22)8-5-14;2-1-3/h4-9,11-13,22H,10H2,1-3H3,(H,21,23);1H,(H2,2,3). The maximum atomic E-state index is 12.3. The lowest BCUT2D eigenvalue weighted by Gasteiger charge is -2.15. The Balaban J connectivity index is 0.00000114. The average molecular weight is 393 g/mol. The van der Waals surface area contributed by atoms with Gasteiger partial charge in [0.2, 0.25) is 6.41 Å². The zero-order valence-electron chi connectivity index (χ0n) is 15.6. The fourth-order valence-corrected chi connectivity index (χ4v) is 2.56. The number of phenolic OH excluding ortho intramolecular Hbond substituents is 1. The van der Waals surface area contributed by atoms with Crippen molar-refractivity contribution in [2.24, 2.45) is 5.73 Å². The van der Waals surface area contributed by atoms with Crippen molar-refractivity contribution < 1.29 is 19.4 Å². The van der Waals surface area contributed by atoms with E-state index in [0.717, 1.165) is 5.56 Å². The van der Waals surface area contributed by atoms with Gasteiger partial charge in [-0.05, 0) is 63.1 Å². The van der Waals surface area contributed by atoms with E-state index in [2.05, 4.69) is 11.1 Å². The smallest absolute Gasteiger partial charge is 0.251 e. The molecule has 1 atom stereocenters. The van der Waals surface area contributed by atoms with E-state index in [4.69, 9.17) is 21.1 Å². The van der Waals surface area contributed by atoms with Gasteiger partial charge in [0.15, 0.2) is 0 Å². The van der Waals surface area contributed by atoms with E-state index in [1.807, 2.05) is 32.9 Å². The van der Waals surface area contributed by atoms with E-state index in [-0.39, 0.29) is 30.2 Å². The molecule has 0 aromatic heterocycles. The molecule has 0 spiro atoms. The second-order valence-electron chi connectivity index (χ2n) is 6.19. The first-order valence-corrected chi connectivity index (χ1v) is 8.85. The Hall–Kier alpha value is -2.73. The van der Waals surface area contributed by atoms with Crippen molar-refractivity contribution in [2.75, 3.05) is 0 Å². The van der Waals surface area contributed by atoms with Crippen molar-refractivity contribution in [2.45, 2.75) is 39.3 Å². The maximum absolute atomic E-state index is 12.3. The molecule has 7 heteroatoms. The summed E-state index contributed by atoms with van der Waals surface area (Å²) in [7, 11) is 0. The highest BCUT2D eigenvalue weighted by atomic mass is 35.5. The van der Waals surface area contributed by atoms with Crippen LogP contribution in [0.2, 0.25) is 5.02 Å². The van der Waals surface area contributed by atoms with Crippen molar-refractivity contribution in [3.8, 4) is 11.5 Å². The second-order valence-corrected chi connectivity index (χ2v) is 6.60. The third kappa shape index (κ3) is 8.00. The molecule has 2 rings (SSSR count). The van der Waals surface area contributed by atoms with Crippen molar-refractivity contribution in [1.82, 2.24) is 5.32 Å². The molecule has 146 valence electrons. The summed E-state index contributed by atoms with van der Waals surface area (Å²) < 4.78 is 5.57. The van der Waals surface area contributed by atoms with Crippen LogP contribution in [0.1, 0.15) is 36.7 Å². The fraction of sp³-hybridized carbons (Fsp3) is 0.300. The largest absolute Gasteiger partial charge is 0.508 e. The van der Waals surface area contributed by atoms with Gasteiger partial charge in [0.25, 0.3) is 5.91 Å². The number of carbonyl (C=O) groups excluding carboxylic acids is 2. The first-order chi connectivity index (χ1) is 12.8. The summed E-state index contributed by atoms with van der Waals surface area (Å²) in [5.74, 6) is 0.619. The first-order valence-electron chi connectivity index (χ1n) is 8.47. The first kappa shape index (κ1) is 22.3. The number of nitrogens with two attached hydrogens (primary N) is 1. The molecule has 0 aliphatic heterocycles. The van der Waals surface area contributed by atoms with Crippen molar-refractivity contribution >= 4 is 23.9 Å². The lowest BCUT2D eigenvalue weighted by atomic mass is 10.1. The number of rotatable bonds is 6. The van der Waals surface area contributed by atoms with Crippen LogP contribution in [0.15, 0.2) is 42.5 Å². The summed E-state index contributed by atoms with van der Waals surface area (Å²) in [6.45, 7) is 5.77. The Morgan fingerprint density at radius 3 is 2.33 bits per heavy atom. The van der Waals surface area contributed by atoms with Gasteiger partial charge >= 0.3 is 0 Å². The molecular weight excluding hydrogens is 368 g/mol. The van der Waals surface area contributed by atoms with Crippen molar-refractivity contribution in [3.05, 3.63) is 58.6 Å². The van der Waals surface area contributed by atoms with Crippen LogP contribution in [0.5, 0.6) is 11.5 Å². The highest BCUT2D eigenvalue weighted by Gasteiger charge is 2.13. The number of amides is 2. The van der Waals surface area contributed by atoms with Crippen molar-refractivity contribution in [3.63, 3.8) is 0 Å². The highest BCUT2D eigenvalue weighted by Crippen LogP contribution is 2.26. The molecule has 0 saturated carbocycles. The lowest BCUT2D eigenvalue weighted by molar-refractivity contribution is -0.106. The molecular formula is C20H25ClN2O4. The number of carbonyl (C=O) groups is 2. The molecule has 0 heterocycles. The molecule has 0 aliphatic rings. The molecule has 6 nitrogen and oxygen atoms in total. The van der Waals surface area contributed by atoms with E-state index in [1.165, 1.54) is 0 Å². The quantitative estimate of drug-likeness (QED) is 0.656. The van der Waals surface area contributed by atoms with Gasteiger partial charge in [-0.1, -0.05) is 23.7 Å². The summed E-state index contributed by atoms with van der Waals surface area (Å²) in [6.07, 6.45) is 0.946. The number of halogens is 1. The minimum absolute atomic E-state index is 0.0208. The van der Waals surface area contributed by atoms with Crippen molar-refractivity contribution in [1.29, 1.82) is 0 Å². The second kappa shape index (κ2) is 11.1. The van der Waals surface area contributed by atoms with E-state index < -0.39 is 0 Å². The minimum Gasteiger partial charge on any atom is -0.508 e. The molecule has 2 aromatic carbocycles. The van der Waals surface area contributed by atoms with Gasteiger partial charge in [0.05, 0.1) is 11.1 Å². The third-order valence-corrected chi connectivity index (χ3v) is 3.71.